The highest BCUT2D eigenvalue weighted by Crippen LogP contribution is 2.28. The van der Waals surface area contributed by atoms with Gasteiger partial charge in [-0.15, -0.1) is 0 Å². The maximum absolute atomic E-state index is 8.00. The average molecular weight is 326 g/mol. The molecule has 130 valence electrons. The van der Waals surface area contributed by atoms with Crippen molar-refractivity contribution in [2.45, 2.75) is 13.3 Å². The number of hydrogen-bond donors (Lipinski definition) is 0. The maximum atomic E-state index is 8.00. The van der Waals surface area contributed by atoms with Gasteiger partial charge in [0, 0.05) is 0 Å². The molecule has 0 spiro atoms. The largest absolute Gasteiger partial charge is 0.487 e. The molecule has 1 aliphatic rings. The summed E-state index contributed by atoms with van der Waals surface area (Å²) in [5.74, 6) is 1.52. The van der Waals surface area contributed by atoms with Crippen LogP contribution in [0.5, 0.6) is 11.5 Å². The molecule has 0 atom stereocenters. The van der Waals surface area contributed by atoms with Gasteiger partial charge >= 0.3 is 0 Å². The van der Waals surface area contributed by atoms with Gasteiger partial charge < -0.3 is 28.5 Å². The number of rotatable bonds is 1. The molecular weight excluding hydrogens is 300 g/mol. The van der Waals surface area contributed by atoms with Crippen LogP contribution in [0.25, 0.3) is 0 Å². The van der Waals surface area contributed by atoms with Gasteiger partial charge in [0.25, 0.3) is 0 Å². The Labute approximate surface area is 137 Å². The first-order chi connectivity index (χ1) is 11.4. The van der Waals surface area contributed by atoms with Crippen molar-refractivity contribution in [2.24, 2.45) is 0 Å². The van der Waals surface area contributed by atoms with E-state index < -0.39 is 0 Å². The molecule has 0 radical (unpaired) electrons. The van der Waals surface area contributed by atoms with Gasteiger partial charge in [-0.3, -0.25) is 0 Å². The zero-order valence-electron chi connectivity index (χ0n) is 13.8. The molecule has 6 nitrogen and oxygen atoms in total. The van der Waals surface area contributed by atoms with E-state index in [1.807, 2.05) is 18.9 Å². The van der Waals surface area contributed by atoms with E-state index in [0.29, 0.717) is 52.9 Å². The second-order valence-electron chi connectivity index (χ2n) is 4.67. The van der Waals surface area contributed by atoms with Gasteiger partial charge in [0.05, 0.1) is 39.6 Å². The lowest BCUT2D eigenvalue weighted by atomic mass is 10.1. The quantitative estimate of drug-likeness (QED) is 0.785. The lowest BCUT2D eigenvalue weighted by molar-refractivity contribution is -0.0979. The topological polar surface area (TPSA) is 63.2 Å². The molecular formula is C17H26O6. The van der Waals surface area contributed by atoms with E-state index in [-0.39, 0.29) is 0 Å². The van der Waals surface area contributed by atoms with E-state index in [2.05, 4.69) is 13.0 Å². The van der Waals surface area contributed by atoms with Crippen LogP contribution in [0, 0.1) is 0 Å². The molecule has 0 N–H and O–H groups in total. The van der Waals surface area contributed by atoms with Crippen LogP contribution < -0.4 is 9.47 Å². The first kappa shape index (κ1) is 19.4. The van der Waals surface area contributed by atoms with Crippen LogP contribution in [0.2, 0.25) is 0 Å². The van der Waals surface area contributed by atoms with Crippen molar-refractivity contribution in [3.05, 3.63) is 23.8 Å². The van der Waals surface area contributed by atoms with Gasteiger partial charge in [-0.25, -0.2) is 0 Å². The van der Waals surface area contributed by atoms with E-state index in [0.717, 1.165) is 17.9 Å². The van der Waals surface area contributed by atoms with Crippen molar-refractivity contribution in [1.29, 1.82) is 0 Å². The minimum atomic E-state index is 0.498. The molecule has 2 rings (SSSR count). The van der Waals surface area contributed by atoms with Crippen molar-refractivity contribution < 1.29 is 28.5 Å². The number of fused-ring (bicyclic) bond motifs is 1. The molecule has 0 saturated carbocycles. The highest BCUT2D eigenvalue weighted by Gasteiger charge is 2.07. The highest BCUT2D eigenvalue weighted by atomic mass is 16.6. The van der Waals surface area contributed by atoms with Crippen molar-refractivity contribution >= 4 is 6.79 Å². The first-order valence-corrected chi connectivity index (χ1v) is 7.81. The highest BCUT2D eigenvalue weighted by molar-refractivity contribution is 5.43. The minimum Gasteiger partial charge on any atom is -0.487 e. The molecule has 0 amide bonds. The Kier molecular flexibility index (Phi) is 10.9. The van der Waals surface area contributed by atoms with Crippen molar-refractivity contribution in [3.63, 3.8) is 0 Å². The van der Waals surface area contributed by atoms with E-state index in [1.165, 1.54) is 5.56 Å². The second-order valence-corrected chi connectivity index (χ2v) is 4.67. The third kappa shape index (κ3) is 7.97. The van der Waals surface area contributed by atoms with Crippen LogP contribution in [0.1, 0.15) is 12.5 Å². The summed E-state index contributed by atoms with van der Waals surface area (Å²) in [6.45, 7) is 8.49. The van der Waals surface area contributed by atoms with E-state index in [4.69, 9.17) is 28.5 Å². The molecule has 1 heterocycles. The predicted molar refractivity (Wildman–Crippen MR) is 86.4 cm³/mol. The van der Waals surface area contributed by atoms with Crippen LogP contribution in [0.4, 0.5) is 0 Å². The van der Waals surface area contributed by atoms with Gasteiger partial charge in [-0.2, -0.15) is 0 Å². The Morgan fingerprint density at radius 1 is 0.783 bits per heavy atom. The van der Waals surface area contributed by atoms with Crippen LogP contribution in [0.3, 0.4) is 0 Å². The Balaban J connectivity index is 0.00000127. The van der Waals surface area contributed by atoms with Gasteiger partial charge in [0.1, 0.15) is 20.0 Å². The second kappa shape index (κ2) is 12.9. The monoisotopic (exact) mass is 326 g/mol. The number of carbonyl (C=O) groups is 1. The molecule has 0 saturated heterocycles. The SMILES string of the molecule is C=O.CCc1ccc2c(c1)OCCOCCOCCOCCO2. The van der Waals surface area contributed by atoms with Crippen molar-refractivity contribution in [1.82, 2.24) is 0 Å². The summed E-state index contributed by atoms with van der Waals surface area (Å²) in [5.41, 5.74) is 1.22. The fourth-order valence-electron chi connectivity index (χ4n) is 1.97. The molecule has 1 aromatic rings. The zero-order chi connectivity index (χ0) is 16.8. The normalized spacial score (nSPS) is 17.1. The number of carbonyl (C=O) groups excluding carboxylic acids is 1. The van der Waals surface area contributed by atoms with Crippen LogP contribution in [-0.4, -0.2) is 59.6 Å². The Hall–Kier alpha value is -1.63. The van der Waals surface area contributed by atoms with E-state index in [9.17, 15) is 0 Å². The fraction of sp³-hybridized carbons (Fsp3) is 0.588. The molecule has 1 aromatic carbocycles. The fourth-order valence-corrected chi connectivity index (χ4v) is 1.97. The molecule has 23 heavy (non-hydrogen) atoms. The van der Waals surface area contributed by atoms with Gasteiger partial charge in [-0.1, -0.05) is 13.0 Å². The maximum Gasteiger partial charge on any atom is 0.161 e. The summed E-state index contributed by atoms with van der Waals surface area (Å²) < 4.78 is 27.8. The summed E-state index contributed by atoms with van der Waals surface area (Å²) in [6, 6.07) is 6.04. The number of hydrogen-bond acceptors (Lipinski definition) is 6. The molecule has 0 aliphatic carbocycles. The molecule has 0 fully saturated rings. The third-order valence-electron chi connectivity index (χ3n) is 3.13. The number of benzene rings is 1. The smallest absolute Gasteiger partial charge is 0.161 e. The molecule has 0 bridgehead atoms. The predicted octanol–water partition coefficient (Wildman–Crippen LogP) is 1.89. The molecule has 6 heteroatoms. The molecule has 1 aliphatic heterocycles. The van der Waals surface area contributed by atoms with Crippen molar-refractivity contribution in [3.8, 4) is 11.5 Å². The van der Waals surface area contributed by atoms with E-state index in [1.54, 1.807) is 0 Å². The molecule has 0 aromatic heterocycles. The summed E-state index contributed by atoms with van der Waals surface area (Å²) in [7, 11) is 0. The van der Waals surface area contributed by atoms with Crippen molar-refractivity contribution in [2.75, 3.05) is 52.9 Å². The average Bonchev–Trinajstić information content (AvgIpc) is 2.61. The summed E-state index contributed by atoms with van der Waals surface area (Å²) in [6.07, 6.45) is 0.966. The Morgan fingerprint density at radius 2 is 1.26 bits per heavy atom. The summed E-state index contributed by atoms with van der Waals surface area (Å²) in [5, 5.41) is 0. The van der Waals surface area contributed by atoms with E-state index >= 15 is 0 Å². The first-order valence-electron chi connectivity index (χ1n) is 7.81. The summed E-state index contributed by atoms with van der Waals surface area (Å²) in [4.78, 5) is 8.00. The standard InChI is InChI=1S/C16H24O5.CH2O/c1-2-14-3-4-15-16(13-14)21-12-10-19-8-6-17-5-7-18-9-11-20-15;1-2/h3-4,13H,2,5-12H2,1H3;1H2. The Bertz CT molecular complexity index is 424. The van der Waals surface area contributed by atoms with Gasteiger partial charge in [0.2, 0.25) is 0 Å². The van der Waals surface area contributed by atoms with Crippen LogP contribution in [-0.2, 0) is 25.4 Å². The van der Waals surface area contributed by atoms with Gasteiger partial charge in [-0.05, 0) is 24.1 Å². The van der Waals surface area contributed by atoms with Crippen LogP contribution in [0.15, 0.2) is 18.2 Å². The van der Waals surface area contributed by atoms with Gasteiger partial charge in [0.15, 0.2) is 11.5 Å². The third-order valence-corrected chi connectivity index (χ3v) is 3.13. The summed E-state index contributed by atoms with van der Waals surface area (Å²) >= 11 is 0. The molecule has 0 unspecified atom stereocenters. The lowest BCUT2D eigenvalue weighted by Gasteiger charge is -2.14. The number of ether oxygens (including phenoxy) is 5. The number of aryl methyl sites for hydroxylation is 1. The van der Waals surface area contributed by atoms with Crippen LogP contribution >= 0.6 is 0 Å². The minimum absolute atomic E-state index is 0.498. The lowest BCUT2D eigenvalue weighted by Crippen LogP contribution is -2.13. The Morgan fingerprint density at radius 3 is 1.78 bits per heavy atom. The zero-order valence-corrected chi connectivity index (χ0v) is 13.8.